The van der Waals surface area contributed by atoms with Gasteiger partial charge in [-0.25, -0.2) is 4.98 Å². The summed E-state index contributed by atoms with van der Waals surface area (Å²) < 4.78 is 1.11. The number of thiazole rings is 1. The molecule has 0 amide bonds. The van der Waals surface area contributed by atoms with E-state index in [1.165, 1.54) is 5.01 Å². The predicted octanol–water partition coefficient (Wildman–Crippen LogP) is 3.10. The first-order chi connectivity index (χ1) is 7.31. The van der Waals surface area contributed by atoms with Crippen molar-refractivity contribution in [1.29, 1.82) is 0 Å². The summed E-state index contributed by atoms with van der Waals surface area (Å²) in [6.07, 6.45) is 2.14. The highest BCUT2D eigenvalue weighted by molar-refractivity contribution is 7.19. The number of hydrogen-bond donors (Lipinski definition) is 1. The molecule has 0 radical (unpaired) electrons. The number of aryl methyl sites for hydroxylation is 1. The number of benzene rings is 1. The summed E-state index contributed by atoms with van der Waals surface area (Å²) in [5.41, 5.74) is 1.02. The van der Waals surface area contributed by atoms with Gasteiger partial charge in [-0.05, 0) is 32.1 Å². The summed E-state index contributed by atoms with van der Waals surface area (Å²) in [6, 6.07) is 5.88. The number of nitrogens with one attached hydrogen (secondary N) is 1. The normalized spacial score (nSPS) is 11.1. The molecular formula is C11H13ClN2S. The van der Waals surface area contributed by atoms with Crippen LogP contribution in [0.15, 0.2) is 18.2 Å². The quantitative estimate of drug-likeness (QED) is 0.831. The summed E-state index contributed by atoms with van der Waals surface area (Å²) in [5, 5.41) is 5.12. The monoisotopic (exact) mass is 240 g/mol. The summed E-state index contributed by atoms with van der Waals surface area (Å²) in [7, 11) is 1.97. The molecule has 0 fully saturated rings. The van der Waals surface area contributed by atoms with E-state index in [0.717, 1.165) is 34.6 Å². The number of fused-ring (bicyclic) bond motifs is 1. The van der Waals surface area contributed by atoms with E-state index in [2.05, 4.69) is 10.3 Å². The van der Waals surface area contributed by atoms with Gasteiger partial charge in [-0.3, -0.25) is 0 Å². The molecule has 2 rings (SSSR count). The Labute approximate surface area is 98.3 Å². The summed E-state index contributed by atoms with van der Waals surface area (Å²) >= 11 is 7.79. The molecule has 1 aromatic carbocycles. The highest BCUT2D eigenvalue weighted by Gasteiger charge is 2.05. The van der Waals surface area contributed by atoms with E-state index in [1.807, 2.05) is 25.2 Å². The average molecular weight is 241 g/mol. The van der Waals surface area contributed by atoms with Crippen molar-refractivity contribution in [2.24, 2.45) is 0 Å². The first kappa shape index (κ1) is 10.9. The van der Waals surface area contributed by atoms with E-state index in [9.17, 15) is 0 Å². The predicted molar refractivity (Wildman–Crippen MR) is 66.9 cm³/mol. The van der Waals surface area contributed by atoms with Crippen LogP contribution in [0, 0.1) is 0 Å². The molecule has 0 spiro atoms. The Hall–Kier alpha value is -0.640. The lowest BCUT2D eigenvalue weighted by Crippen LogP contribution is -2.08. The largest absolute Gasteiger partial charge is 0.320 e. The molecule has 1 N–H and O–H groups in total. The topological polar surface area (TPSA) is 24.9 Å². The average Bonchev–Trinajstić information content (AvgIpc) is 2.63. The molecule has 15 heavy (non-hydrogen) atoms. The molecule has 80 valence electrons. The van der Waals surface area contributed by atoms with Crippen LogP contribution in [-0.2, 0) is 6.42 Å². The molecule has 0 unspecified atom stereocenters. The Morgan fingerprint density at radius 1 is 1.47 bits per heavy atom. The zero-order valence-electron chi connectivity index (χ0n) is 8.59. The molecule has 2 nitrogen and oxygen atoms in total. The molecule has 1 aromatic heterocycles. The molecule has 0 aliphatic carbocycles. The minimum Gasteiger partial charge on any atom is -0.320 e. The van der Waals surface area contributed by atoms with Crippen molar-refractivity contribution < 1.29 is 0 Å². The highest BCUT2D eigenvalue weighted by atomic mass is 35.5. The number of halogens is 1. The van der Waals surface area contributed by atoms with Gasteiger partial charge in [0, 0.05) is 6.42 Å². The standard InChI is InChI=1S/C11H13ClN2S/c1-13-7-3-6-10-14-9-5-2-4-8(12)11(9)15-10/h2,4-5,13H,3,6-7H2,1H3. The molecule has 2 aromatic rings. The van der Waals surface area contributed by atoms with E-state index in [1.54, 1.807) is 11.3 Å². The van der Waals surface area contributed by atoms with E-state index >= 15 is 0 Å². The second kappa shape index (κ2) is 4.92. The Morgan fingerprint density at radius 2 is 2.33 bits per heavy atom. The van der Waals surface area contributed by atoms with E-state index < -0.39 is 0 Å². The number of rotatable bonds is 4. The van der Waals surface area contributed by atoms with Crippen molar-refractivity contribution in [3.8, 4) is 0 Å². The van der Waals surface area contributed by atoms with Crippen LogP contribution in [0.1, 0.15) is 11.4 Å². The van der Waals surface area contributed by atoms with Crippen LogP contribution in [0.3, 0.4) is 0 Å². The van der Waals surface area contributed by atoms with Gasteiger partial charge < -0.3 is 5.32 Å². The minimum absolute atomic E-state index is 0.810. The van der Waals surface area contributed by atoms with Crippen LogP contribution in [0.5, 0.6) is 0 Å². The third kappa shape index (κ3) is 2.48. The second-order valence-corrected chi connectivity index (χ2v) is 4.89. The number of hydrogen-bond acceptors (Lipinski definition) is 3. The Morgan fingerprint density at radius 3 is 3.07 bits per heavy atom. The van der Waals surface area contributed by atoms with Gasteiger partial charge >= 0.3 is 0 Å². The van der Waals surface area contributed by atoms with Crippen LogP contribution < -0.4 is 5.32 Å². The molecule has 4 heteroatoms. The lowest BCUT2D eigenvalue weighted by Gasteiger charge is -1.94. The van der Waals surface area contributed by atoms with Gasteiger partial charge in [0.15, 0.2) is 0 Å². The Balaban J connectivity index is 2.20. The molecule has 0 saturated carbocycles. The summed E-state index contributed by atoms with van der Waals surface area (Å²) in [4.78, 5) is 4.55. The molecule has 0 aliphatic heterocycles. The lowest BCUT2D eigenvalue weighted by atomic mass is 10.3. The van der Waals surface area contributed by atoms with Crippen molar-refractivity contribution in [1.82, 2.24) is 10.3 Å². The molecule has 0 saturated heterocycles. The van der Waals surface area contributed by atoms with Gasteiger partial charge in [0.05, 0.1) is 20.2 Å². The fraction of sp³-hybridized carbons (Fsp3) is 0.364. The fourth-order valence-corrected chi connectivity index (χ4v) is 2.78. The van der Waals surface area contributed by atoms with Gasteiger partial charge in [-0.1, -0.05) is 17.7 Å². The maximum atomic E-state index is 6.09. The SMILES string of the molecule is CNCCCc1nc2cccc(Cl)c2s1. The first-order valence-corrected chi connectivity index (χ1v) is 6.19. The van der Waals surface area contributed by atoms with E-state index in [4.69, 9.17) is 11.6 Å². The van der Waals surface area contributed by atoms with E-state index in [0.29, 0.717) is 0 Å². The molecular weight excluding hydrogens is 228 g/mol. The second-order valence-electron chi connectivity index (χ2n) is 3.40. The molecule has 0 bridgehead atoms. The third-order valence-corrected chi connectivity index (χ3v) is 3.82. The van der Waals surface area contributed by atoms with Crippen molar-refractivity contribution in [2.75, 3.05) is 13.6 Å². The number of nitrogens with zero attached hydrogens (tertiary/aromatic N) is 1. The van der Waals surface area contributed by atoms with Gasteiger partial charge in [-0.2, -0.15) is 0 Å². The van der Waals surface area contributed by atoms with Crippen LogP contribution in [-0.4, -0.2) is 18.6 Å². The summed E-state index contributed by atoms with van der Waals surface area (Å²) in [5.74, 6) is 0. The van der Waals surface area contributed by atoms with Gasteiger partial charge in [0.2, 0.25) is 0 Å². The first-order valence-electron chi connectivity index (χ1n) is 5.00. The van der Waals surface area contributed by atoms with Crippen LogP contribution in [0.4, 0.5) is 0 Å². The van der Waals surface area contributed by atoms with Crippen molar-refractivity contribution >= 4 is 33.2 Å². The molecule has 0 atom stereocenters. The highest BCUT2D eigenvalue weighted by Crippen LogP contribution is 2.29. The van der Waals surface area contributed by atoms with Crippen molar-refractivity contribution in [2.45, 2.75) is 12.8 Å². The Bertz CT molecular complexity index is 453. The zero-order valence-corrected chi connectivity index (χ0v) is 10.2. The van der Waals surface area contributed by atoms with Gasteiger partial charge in [-0.15, -0.1) is 11.3 Å². The van der Waals surface area contributed by atoms with E-state index in [-0.39, 0.29) is 0 Å². The molecule has 1 heterocycles. The van der Waals surface area contributed by atoms with Crippen molar-refractivity contribution in [3.63, 3.8) is 0 Å². The fourth-order valence-electron chi connectivity index (χ4n) is 1.48. The minimum atomic E-state index is 0.810. The smallest absolute Gasteiger partial charge is 0.0939 e. The van der Waals surface area contributed by atoms with Crippen LogP contribution >= 0.6 is 22.9 Å². The van der Waals surface area contributed by atoms with Crippen LogP contribution in [0.25, 0.3) is 10.2 Å². The maximum Gasteiger partial charge on any atom is 0.0939 e. The lowest BCUT2D eigenvalue weighted by molar-refractivity contribution is 0.723. The molecule has 0 aliphatic rings. The third-order valence-electron chi connectivity index (χ3n) is 2.23. The van der Waals surface area contributed by atoms with Gasteiger partial charge in [0.25, 0.3) is 0 Å². The Kier molecular flexibility index (Phi) is 3.57. The number of aromatic nitrogens is 1. The van der Waals surface area contributed by atoms with Gasteiger partial charge in [0.1, 0.15) is 0 Å². The maximum absolute atomic E-state index is 6.09. The summed E-state index contributed by atoms with van der Waals surface area (Å²) in [6.45, 7) is 1.03. The zero-order chi connectivity index (χ0) is 10.7. The van der Waals surface area contributed by atoms with Crippen molar-refractivity contribution in [3.05, 3.63) is 28.2 Å². The van der Waals surface area contributed by atoms with Crippen LogP contribution in [0.2, 0.25) is 5.02 Å².